The van der Waals surface area contributed by atoms with Gasteiger partial charge in [-0.2, -0.15) is 0 Å². The van der Waals surface area contributed by atoms with Crippen molar-refractivity contribution in [3.05, 3.63) is 49.1 Å². The van der Waals surface area contributed by atoms with Crippen molar-refractivity contribution in [1.82, 2.24) is 0 Å². The SMILES string of the molecule is C=C(C)/C=C/CC.C=C/C=C/CCC. The highest BCUT2D eigenvalue weighted by Crippen LogP contribution is 1.89. The monoisotopic (exact) mass is 192 g/mol. The van der Waals surface area contributed by atoms with E-state index in [0.717, 1.165) is 12.0 Å². The molecule has 0 bridgehead atoms. The first-order valence-corrected chi connectivity index (χ1v) is 5.28. The lowest BCUT2D eigenvalue weighted by molar-refractivity contribution is 0.959. The van der Waals surface area contributed by atoms with Crippen LogP contribution in [-0.4, -0.2) is 0 Å². The molecule has 0 radical (unpaired) electrons. The van der Waals surface area contributed by atoms with Crippen molar-refractivity contribution < 1.29 is 0 Å². The zero-order valence-electron chi connectivity index (χ0n) is 9.92. The standard InChI is InChI=1S/2C7H12/c1-4-5-6-7(2)3;1-3-5-7-6-4-2/h5-6H,2,4H2,1,3H3;3,5,7H,1,4,6H2,2H3/b6-5+;7-5+. The van der Waals surface area contributed by atoms with Crippen LogP contribution in [0.1, 0.15) is 40.0 Å². The van der Waals surface area contributed by atoms with E-state index in [2.05, 4.69) is 39.2 Å². The molecule has 0 unspecified atom stereocenters. The van der Waals surface area contributed by atoms with Gasteiger partial charge in [0.1, 0.15) is 0 Å². The van der Waals surface area contributed by atoms with Gasteiger partial charge in [0, 0.05) is 0 Å². The van der Waals surface area contributed by atoms with Crippen molar-refractivity contribution in [1.29, 1.82) is 0 Å². The van der Waals surface area contributed by atoms with Gasteiger partial charge in [0.05, 0.1) is 0 Å². The van der Waals surface area contributed by atoms with E-state index in [0.29, 0.717) is 0 Å². The molecular formula is C14H24. The second kappa shape index (κ2) is 14.5. The van der Waals surface area contributed by atoms with Gasteiger partial charge in [-0.25, -0.2) is 0 Å². The summed E-state index contributed by atoms with van der Waals surface area (Å²) in [6.45, 7) is 13.5. The van der Waals surface area contributed by atoms with Gasteiger partial charge in [-0.3, -0.25) is 0 Å². The van der Waals surface area contributed by atoms with E-state index in [1.54, 1.807) is 6.08 Å². The Bertz CT molecular complexity index is 182. The van der Waals surface area contributed by atoms with Gasteiger partial charge >= 0.3 is 0 Å². The van der Waals surface area contributed by atoms with Crippen molar-refractivity contribution in [2.45, 2.75) is 40.0 Å². The minimum absolute atomic E-state index is 1.10. The van der Waals surface area contributed by atoms with Gasteiger partial charge in [0.25, 0.3) is 0 Å². The summed E-state index contributed by atoms with van der Waals surface area (Å²) in [6.07, 6.45) is 13.5. The highest BCUT2D eigenvalue weighted by Gasteiger charge is 1.68. The molecule has 0 amide bonds. The Kier molecular flexibility index (Phi) is 16.0. The third-order valence-electron chi connectivity index (χ3n) is 1.37. The van der Waals surface area contributed by atoms with Crippen molar-refractivity contribution in [3.63, 3.8) is 0 Å². The maximum absolute atomic E-state index is 3.71. The molecule has 0 aliphatic rings. The number of allylic oxidation sites excluding steroid dienone is 6. The minimum atomic E-state index is 1.10. The summed E-state index contributed by atoms with van der Waals surface area (Å²) >= 11 is 0. The first kappa shape index (κ1) is 15.4. The lowest BCUT2D eigenvalue weighted by Gasteiger charge is -1.79. The Balaban J connectivity index is 0. The molecule has 14 heavy (non-hydrogen) atoms. The third-order valence-corrected chi connectivity index (χ3v) is 1.37. The largest absolute Gasteiger partial charge is 0.0991 e. The van der Waals surface area contributed by atoms with E-state index in [1.165, 1.54) is 12.8 Å². The molecule has 0 atom stereocenters. The smallest absolute Gasteiger partial charge is 0.0350 e. The van der Waals surface area contributed by atoms with Gasteiger partial charge in [0.15, 0.2) is 0 Å². The van der Waals surface area contributed by atoms with Crippen LogP contribution in [0.4, 0.5) is 0 Å². The second-order valence-electron chi connectivity index (χ2n) is 3.11. The summed E-state index contributed by atoms with van der Waals surface area (Å²) in [4.78, 5) is 0. The molecule has 0 N–H and O–H groups in total. The van der Waals surface area contributed by atoms with E-state index in [9.17, 15) is 0 Å². The normalized spacial score (nSPS) is 9.93. The fraction of sp³-hybridized carbons (Fsp3) is 0.429. The minimum Gasteiger partial charge on any atom is -0.0991 e. The van der Waals surface area contributed by atoms with E-state index >= 15 is 0 Å². The molecule has 0 heterocycles. The number of unbranched alkanes of at least 4 members (excludes halogenated alkanes) is 1. The quantitative estimate of drug-likeness (QED) is 0.534. The van der Waals surface area contributed by atoms with Crippen molar-refractivity contribution >= 4 is 0 Å². The fourth-order valence-electron chi connectivity index (χ4n) is 0.678. The molecule has 0 aromatic carbocycles. The zero-order chi connectivity index (χ0) is 11.2. The average Bonchev–Trinajstić information content (AvgIpc) is 2.16. The van der Waals surface area contributed by atoms with Crippen molar-refractivity contribution in [3.8, 4) is 0 Å². The third kappa shape index (κ3) is 22.4. The molecular weight excluding hydrogens is 168 g/mol. The maximum atomic E-state index is 3.71. The van der Waals surface area contributed by atoms with Crippen LogP contribution in [0.15, 0.2) is 49.1 Å². The number of hydrogen-bond donors (Lipinski definition) is 0. The van der Waals surface area contributed by atoms with Gasteiger partial charge in [-0.15, -0.1) is 0 Å². The summed E-state index contributed by atoms with van der Waals surface area (Å²) in [7, 11) is 0. The van der Waals surface area contributed by atoms with E-state index < -0.39 is 0 Å². The summed E-state index contributed by atoms with van der Waals surface area (Å²) in [5, 5.41) is 0. The summed E-state index contributed by atoms with van der Waals surface area (Å²) in [5.41, 5.74) is 1.13. The Labute approximate surface area is 89.7 Å². The fourth-order valence-corrected chi connectivity index (χ4v) is 0.678. The topological polar surface area (TPSA) is 0 Å². The second-order valence-corrected chi connectivity index (χ2v) is 3.11. The van der Waals surface area contributed by atoms with Crippen LogP contribution in [0.25, 0.3) is 0 Å². The van der Waals surface area contributed by atoms with Gasteiger partial charge < -0.3 is 0 Å². The number of hydrogen-bond acceptors (Lipinski definition) is 0. The molecule has 0 spiro atoms. The van der Waals surface area contributed by atoms with Crippen molar-refractivity contribution in [2.24, 2.45) is 0 Å². The predicted molar refractivity (Wildman–Crippen MR) is 68.5 cm³/mol. The summed E-state index contributed by atoms with van der Waals surface area (Å²) in [6, 6.07) is 0. The summed E-state index contributed by atoms with van der Waals surface area (Å²) in [5.74, 6) is 0. The molecule has 0 saturated heterocycles. The van der Waals surface area contributed by atoms with Crippen LogP contribution in [-0.2, 0) is 0 Å². The lowest BCUT2D eigenvalue weighted by Crippen LogP contribution is -1.58. The lowest BCUT2D eigenvalue weighted by atomic mass is 10.3. The van der Waals surface area contributed by atoms with Gasteiger partial charge in [0.2, 0.25) is 0 Å². The van der Waals surface area contributed by atoms with E-state index in [4.69, 9.17) is 0 Å². The molecule has 0 heteroatoms. The molecule has 0 nitrogen and oxygen atoms in total. The van der Waals surface area contributed by atoms with Crippen LogP contribution in [0.2, 0.25) is 0 Å². The van der Waals surface area contributed by atoms with Crippen LogP contribution < -0.4 is 0 Å². The Hall–Kier alpha value is -1.04. The first-order valence-electron chi connectivity index (χ1n) is 5.28. The molecule has 0 fully saturated rings. The Morgan fingerprint density at radius 1 is 1.21 bits per heavy atom. The Morgan fingerprint density at radius 3 is 2.14 bits per heavy atom. The first-order chi connectivity index (χ1) is 6.68. The molecule has 0 rings (SSSR count). The zero-order valence-corrected chi connectivity index (χ0v) is 9.92. The van der Waals surface area contributed by atoms with E-state index in [1.807, 2.05) is 19.1 Å². The molecule has 80 valence electrons. The van der Waals surface area contributed by atoms with Crippen molar-refractivity contribution in [2.75, 3.05) is 0 Å². The van der Waals surface area contributed by atoms with Crippen LogP contribution in [0, 0.1) is 0 Å². The average molecular weight is 192 g/mol. The summed E-state index contributed by atoms with van der Waals surface area (Å²) < 4.78 is 0. The van der Waals surface area contributed by atoms with Crippen LogP contribution in [0.5, 0.6) is 0 Å². The van der Waals surface area contributed by atoms with Gasteiger partial charge in [-0.1, -0.05) is 69.4 Å². The molecule has 0 saturated carbocycles. The molecule has 0 aliphatic heterocycles. The maximum Gasteiger partial charge on any atom is -0.0350 e. The highest BCUT2D eigenvalue weighted by atomic mass is 13.7. The van der Waals surface area contributed by atoms with Crippen LogP contribution >= 0.6 is 0 Å². The highest BCUT2D eigenvalue weighted by molar-refractivity contribution is 5.10. The van der Waals surface area contributed by atoms with Crippen LogP contribution in [0.3, 0.4) is 0 Å². The van der Waals surface area contributed by atoms with Gasteiger partial charge in [-0.05, 0) is 19.8 Å². The van der Waals surface area contributed by atoms with E-state index in [-0.39, 0.29) is 0 Å². The Morgan fingerprint density at radius 2 is 1.86 bits per heavy atom. The molecule has 0 aliphatic carbocycles. The number of rotatable bonds is 5. The molecule has 0 aromatic heterocycles. The molecule has 0 aromatic rings. The predicted octanol–water partition coefficient (Wildman–Crippen LogP) is 5.06.